The highest BCUT2D eigenvalue weighted by Gasteiger charge is 2.09. The molecule has 0 saturated carbocycles. The molecule has 2 aromatic rings. The normalized spacial score (nSPS) is 13.0. The molecular formula is C10H9BrOS2. The second-order valence-corrected chi connectivity index (χ2v) is 6.31. The SMILES string of the molecule is OC(Cc1ccc(Br)s1)c1ccsc1. The molecule has 0 fully saturated rings. The van der Waals surface area contributed by atoms with E-state index in [1.54, 1.807) is 22.7 Å². The molecule has 0 aliphatic heterocycles. The lowest BCUT2D eigenvalue weighted by Gasteiger charge is -2.06. The van der Waals surface area contributed by atoms with Gasteiger partial charge in [-0.2, -0.15) is 11.3 Å². The van der Waals surface area contributed by atoms with E-state index in [4.69, 9.17) is 0 Å². The summed E-state index contributed by atoms with van der Waals surface area (Å²) in [5.41, 5.74) is 1.01. The second-order valence-electron chi connectivity index (χ2n) is 2.98. The second kappa shape index (κ2) is 4.57. The number of rotatable bonds is 3. The summed E-state index contributed by atoms with van der Waals surface area (Å²) >= 11 is 6.70. The van der Waals surface area contributed by atoms with Crippen LogP contribution in [-0.2, 0) is 6.42 Å². The molecule has 0 saturated heterocycles. The van der Waals surface area contributed by atoms with Crippen molar-refractivity contribution >= 4 is 38.6 Å². The molecule has 1 atom stereocenters. The number of hydrogen-bond acceptors (Lipinski definition) is 3. The third kappa shape index (κ3) is 2.45. The molecule has 0 aromatic carbocycles. The highest BCUT2D eigenvalue weighted by Crippen LogP contribution is 2.27. The molecule has 2 aromatic heterocycles. The van der Waals surface area contributed by atoms with Gasteiger partial charge in [0.1, 0.15) is 0 Å². The van der Waals surface area contributed by atoms with E-state index < -0.39 is 0 Å². The fourth-order valence-corrected chi connectivity index (χ4v) is 3.46. The molecule has 4 heteroatoms. The quantitative estimate of drug-likeness (QED) is 0.910. The van der Waals surface area contributed by atoms with Crippen LogP contribution in [0.15, 0.2) is 32.7 Å². The van der Waals surface area contributed by atoms with Crippen LogP contribution in [-0.4, -0.2) is 5.11 Å². The highest BCUT2D eigenvalue weighted by atomic mass is 79.9. The van der Waals surface area contributed by atoms with Crippen molar-refractivity contribution in [1.82, 2.24) is 0 Å². The summed E-state index contributed by atoms with van der Waals surface area (Å²) in [6, 6.07) is 6.03. The van der Waals surface area contributed by atoms with Gasteiger partial charge in [0.25, 0.3) is 0 Å². The van der Waals surface area contributed by atoms with Gasteiger partial charge in [-0.05, 0) is 50.5 Å². The van der Waals surface area contributed by atoms with Crippen molar-refractivity contribution in [3.63, 3.8) is 0 Å². The van der Waals surface area contributed by atoms with Gasteiger partial charge in [0.05, 0.1) is 9.89 Å². The highest BCUT2D eigenvalue weighted by molar-refractivity contribution is 9.11. The Morgan fingerprint density at radius 2 is 2.21 bits per heavy atom. The van der Waals surface area contributed by atoms with Gasteiger partial charge < -0.3 is 5.11 Å². The van der Waals surface area contributed by atoms with E-state index in [9.17, 15) is 5.11 Å². The van der Waals surface area contributed by atoms with E-state index >= 15 is 0 Å². The standard InChI is InChI=1S/C10H9BrOS2/c11-10-2-1-8(14-10)5-9(12)7-3-4-13-6-7/h1-4,6,9,12H,5H2. The average molecular weight is 289 g/mol. The van der Waals surface area contributed by atoms with E-state index in [1.807, 2.05) is 29.0 Å². The Balaban J connectivity index is 2.05. The van der Waals surface area contributed by atoms with Crippen molar-refractivity contribution in [2.75, 3.05) is 0 Å². The molecule has 0 spiro atoms. The Kier molecular flexibility index (Phi) is 3.38. The van der Waals surface area contributed by atoms with E-state index in [0.29, 0.717) is 6.42 Å². The van der Waals surface area contributed by atoms with Crippen LogP contribution >= 0.6 is 38.6 Å². The smallest absolute Gasteiger partial charge is 0.0846 e. The van der Waals surface area contributed by atoms with Crippen molar-refractivity contribution in [3.05, 3.63) is 43.2 Å². The molecule has 2 heterocycles. The summed E-state index contributed by atoms with van der Waals surface area (Å²) in [6.45, 7) is 0. The van der Waals surface area contributed by atoms with Gasteiger partial charge in [-0.15, -0.1) is 11.3 Å². The largest absolute Gasteiger partial charge is 0.388 e. The van der Waals surface area contributed by atoms with Crippen LogP contribution in [0.4, 0.5) is 0 Å². The van der Waals surface area contributed by atoms with Crippen molar-refractivity contribution < 1.29 is 5.11 Å². The number of aliphatic hydroxyl groups is 1. The van der Waals surface area contributed by atoms with Crippen LogP contribution in [0.5, 0.6) is 0 Å². The van der Waals surface area contributed by atoms with E-state index in [0.717, 1.165) is 9.35 Å². The van der Waals surface area contributed by atoms with Gasteiger partial charge in [0, 0.05) is 11.3 Å². The number of hydrogen-bond donors (Lipinski definition) is 1. The predicted molar refractivity (Wildman–Crippen MR) is 65.0 cm³/mol. The molecule has 1 unspecified atom stereocenters. The zero-order valence-electron chi connectivity index (χ0n) is 7.31. The molecule has 0 aliphatic carbocycles. The summed E-state index contributed by atoms with van der Waals surface area (Å²) in [5.74, 6) is 0. The Hall–Kier alpha value is -0.160. The lowest BCUT2D eigenvalue weighted by Crippen LogP contribution is -1.98. The molecule has 0 aliphatic rings. The first-order valence-electron chi connectivity index (χ1n) is 4.20. The number of thiophene rings is 2. The lowest BCUT2D eigenvalue weighted by atomic mass is 10.1. The van der Waals surface area contributed by atoms with Gasteiger partial charge in [-0.1, -0.05) is 0 Å². The average Bonchev–Trinajstić information content (AvgIpc) is 2.75. The van der Waals surface area contributed by atoms with Crippen molar-refractivity contribution in [1.29, 1.82) is 0 Å². The fraction of sp³-hybridized carbons (Fsp3) is 0.200. The van der Waals surface area contributed by atoms with E-state index in [-0.39, 0.29) is 6.10 Å². The molecule has 1 N–H and O–H groups in total. The minimum absolute atomic E-state index is 0.369. The molecule has 14 heavy (non-hydrogen) atoms. The molecule has 1 nitrogen and oxygen atoms in total. The Labute approximate surface area is 99.2 Å². The van der Waals surface area contributed by atoms with Crippen LogP contribution in [0.25, 0.3) is 0 Å². The first-order valence-corrected chi connectivity index (χ1v) is 6.75. The van der Waals surface area contributed by atoms with Gasteiger partial charge in [0.2, 0.25) is 0 Å². The van der Waals surface area contributed by atoms with Crippen molar-refractivity contribution in [2.24, 2.45) is 0 Å². The maximum Gasteiger partial charge on any atom is 0.0846 e. The molecule has 0 radical (unpaired) electrons. The topological polar surface area (TPSA) is 20.2 Å². The maximum absolute atomic E-state index is 9.87. The third-order valence-corrected chi connectivity index (χ3v) is 4.30. The monoisotopic (exact) mass is 288 g/mol. The maximum atomic E-state index is 9.87. The molecular weight excluding hydrogens is 280 g/mol. The molecule has 0 amide bonds. The Morgan fingerprint density at radius 1 is 1.36 bits per heavy atom. The molecule has 74 valence electrons. The lowest BCUT2D eigenvalue weighted by molar-refractivity contribution is 0.180. The zero-order valence-corrected chi connectivity index (χ0v) is 10.5. The predicted octanol–water partition coefficient (Wildman–Crippen LogP) is 3.85. The van der Waals surface area contributed by atoms with Gasteiger partial charge in [0.15, 0.2) is 0 Å². The van der Waals surface area contributed by atoms with Crippen LogP contribution in [0.3, 0.4) is 0 Å². The number of aliphatic hydroxyl groups excluding tert-OH is 1. The summed E-state index contributed by atoms with van der Waals surface area (Å²) < 4.78 is 1.12. The van der Waals surface area contributed by atoms with Crippen LogP contribution < -0.4 is 0 Å². The summed E-state index contributed by atoms with van der Waals surface area (Å²) in [6.07, 6.45) is 0.333. The zero-order chi connectivity index (χ0) is 9.97. The Morgan fingerprint density at radius 3 is 2.79 bits per heavy atom. The van der Waals surface area contributed by atoms with E-state index in [2.05, 4.69) is 15.9 Å². The minimum atomic E-state index is -0.369. The van der Waals surface area contributed by atoms with E-state index in [1.165, 1.54) is 4.88 Å². The first kappa shape index (κ1) is 10.4. The van der Waals surface area contributed by atoms with Crippen LogP contribution in [0, 0.1) is 0 Å². The third-order valence-electron chi connectivity index (χ3n) is 1.95. The van der Waals surface area contributed by atoms with Gasteiger partial charge in [-0.3, -0.25) is 0 Å². The summed E-state index contributed by atoms with van der Waals surface area (Å²) in [7, 11) is 0. The van der Waals surface area contributed by atoms with Crippen LogP contribution in [0.1, 0.15) is 16.5 Å². The number of halogens is 1. The Bertz CT molecular complexity index is 394. The molecule has 0 bridgehead atoms. The summed E-state index contributed by atoms with van der Waals surface area (Å²) in [5, 5.41) is 13.9. The van der Waals surface area contributed by atoms with Crippen molar-refractivity contribution in [3.8, 4) is 0 Å². The van der Waals surface area contributed by atoms with Crippen molar-refractivity contribution in [2.45, 2.75) is 12.5 Å². The summed E-state index contributed by atoms with van der Waals surface area (Å²) in [4.78, 5) is 1.20. The van der Waals surface area contributed by atoms with Gasteiger partial charge in [-0.25, -0.2) is 0 Å². The van der Waals surface area contributed by atoms with Gasteiger partial charge >= 0.3 is 0 Å². The fourth-order valence-electron chi connectivity index (χ4n) is 1.23. The van der Waals surface area contributed by atoms with Crippen LogP contribution in [0.2, 0.25) is 0 Å². The minimum Gasteiger partial charge on any atom is -0.388 e. The molecule has 2 rings (SSSR count). The first-order chi connectivity index (χ1) is 6.75.